The van der Waals surface area contributed by atoms with Crippen molar-refractivity contribution in [2.45, 2.75) is 25.6 Å². The van der Waals surface area contributed by atoms with Gasteiger partial charge in [0, 0.05) is 29.4 Å². The molecule has 176 valence electrons. The zero-order valence-electron chi connectivity index (χ0n) is 18.1. The molecule has 2 heterocycles. The first-order valence-corrected chi connectivity index (χ1v) is 11.1. The van der Waals surface area contributed by atoms with Crippen LogP contribution in [0.25, 0.3) is 22.2 Å². The number of benzene rings is 2. The molecule has 0 unspecified atom stereocenters. The van der Waals surface area contributed by atoms with Crippen LogP contribution in [0.15, 0.2) is 47.4 Å². The Balaban J connectivity index is 1.73. The van der Waals surface area contributed by atoms with E-state index in [1.54, 1.807) is 26.0 Å². The van der Waals surface area contributed by atoms with E-state index in [1.165, 1.54) is 29.0 Å². The molecule has 0 radical (unpaired) electrons. The topological polar surface area (TPSA) is 85.8 Å². The number of halogens is 4. The second-order valence-corrected chi connectivity index (χ2v) is 8.54. The summed E-state index contributed by atoms with van der Waals surface area (Å²) in [5.74, 6) is -4.14. The van der Waals surface area contributed by atoms with E-state index in [9.17, 15) is 13.6 Å². The Bertz CT molecular complexity index is 1440. The monoisotopic (exact) mass is 489 g/mol. The third-order valence-electron chi connectivity index (χ3n) is 5.07. The van der Waals surface area contributed by atoms with Crippen LogP contribution < -0.4 is 16.0 Å². The summed E-state index contributed by atoms with van der Waals surface area (Å²) in [6.07, 6.45) is 1.33. The molecule has 6 nitrogen and oxygen atoms in total. The first-order valence-electron chi connectivity index (χ1n) is 10.1. The molecule has 0 amide bonds. The third-order valence-corrected chi connectivity index (χ3v) is 5.91. The molecule has 4 rings (SSSR count). The number of hydrogen-bond donors (Lipinski definition) is 2. The molecule has 2 aromatic carbocycles. The van der Waals surface area contributed by atoms with Gasteiger partial charge in [-0.1, -0.05) is 12.1 Å². The van der Waals surface area contributed by atoms with Gasteiger partial charge in [0.1, 0.15) is 17.3 Å². The standard InChI is InChI=1S/C23H19F4N5OS/c1-11(2)32-21-13(9-29-23(28)30-21)7-15(22(32)33)18-16(25)8-17(19(26)20(18)27)31-34-10-12-3-5-14(24)6-4-12/h3-9,11,31H,10H2,1-2H3,(H2,28,29,30). The molecular formula is C23H19F4N5OS. The van der Waals surface area contributed by atoms with Gasteiger partial charge in [0.25, 0.3) is 5.56 Å². The van der Waals surface area contributed by atoms with Crippen molar-refractivity contribution in [3.05, 3.63) is 81.8 Å². The lowest BCUT2D eigenvalue weighted by Gasteiger charge is -2.17. The van der Waals surface area contributed by atoms with E-state index in [0.717, 1.165) is 23.6 Å². The molecule has 0 aliphatic carbocycles. The highest BCUT2D eigenvalue weighted by Crippen LogP contribution is 2.33. The van der Waals surface area contributed by atoms with Gasteiger partial charge in [-0.2, -0.15) is 4.98 Å². The Hall–Kier alpha value is -3.60. The fraction of sp³-hybridized carbons (Fsp3) is 0.174. The zero-order chi connectivity index (χ0) is 24.6. The highest BCUT2D eigenvalue weighted by molar-refractivity contribution is 7.99. The summed E-state index contributed by atoms with van der Waals surface area (Å²) < 4.78 is 61.8. The Morgan fingerprint density at radius 1 is 1.09 bits per heavy atom. The van der Waals surface area contributed by atoms with Gasteiger partial charge in [-0.15, -0.1) is 0 Å². The Labute approximate surface area is 196 Å². The number of nitrogens with one attached hydrogen (secondary N) is 1. The molecule has 34 heavy (non-hydrogen) atoms. The molecule has 3 N–H and O–H groups in total. The molecule has 0 aliphatic rings. The van der Waals surface area contributed by atoms with E-state index in [0.29, 0.717) is 5.39 Å². The predicted molar refractivity (Wildman–Crippen MR) is 125 cm³/mol. The van der Waals surface area contributed by atoms with Crippen molar-refractivity contribution in [3.8, 4) is 11.1 Å². The van der Waals surface area contributed by atoms with Crippen LogP contribution in [0.2, 0.25) is 0 Å². The largest absolute Gasteiger partial charge is 0.368 e. The molecule has 0 saturated carbocycles. The number of aromatic nitrogens is 3. The summed E-state index contributed by atoms with van der Waals surface area (Å²) in [6.45, 7) is 3.39. The second kappa shape index (κ2) is 9.34. The molecule has 2 aromatic heterocycles. The molecule has 0 saturated heterocycles. The van der Waals surface area contributed by atoms with Crippen molar-refractivity contribution in [1.29, 1.82) is 0 Å². The summed E-state index contributed by atoms with van der Waals surface area (Å²) in [6, 6.07) is 7.21. The van der Waals surface area contributed by atoms with Crippen LogP contribution >= 0.6 is 11.9 Å². The van der Waals surface area contributed by atoms with Gasteiger partial charge in [0.15, 0.2) is 11.6 Å². The first kappa shape index (κ1) is 23.6. The van der Waals surface area contributed by atoms with Gasteiger partial charge in [0.05, 0.1) is 16.8 Å². The predicted octanol–water partition coefficient (Wildman–Crippen LogP) is 5.44. The van der Waals surface area contributed by atoms with Crippen molar-refractivity contribution in [3.63, 3.8) is 0 Å². The van der Waals surface area contributed by atoms with Gasteiger partial charge in [-0.25, -0.2) is 22.5 Å². The van der Waals surface area contributed by atoms with Gasteiger partial charge in [-0.05, 0) is 49.6 Å². The molecule has 0 fully saturated rings. The van der Waals surface area contributed by atoms with Crippen molar-refractivity contribution < 1.29 is 17.6 Å². The number of nitrogens with zero attached hydrogens (tertiary/aromatic N) is 3. The summed E-state index contributed by atoms with van der Waals surface area (Å²) >= 11 is 0.971. The normalized spacial score (nSPS) is 11.4. The number of rotatable bonds is 6. The van der Waals surface area contributed by atoms with Gasteiger partial charge in [0.2, 0.25) is 5.95 Å². The second-order valence-electron chi connectivity index (χ2n) is 7.76. The highest BCUT2D eigenvalue weighted by atomic mass is 32.2. The fourth-order valence-electron chi connectivity index (χ4n) is 3.49. The Morgan fingerprint density at radius 3 is 2.47 bits per heavy atom. The zero-order valence-corrected chi connectivity index (χ0v) is 18.9. The van der Waals surface area contributed by atoms with Gasteiger partial charge >= 0.3 is 0 Å². The van der Waals surface area contributed by atoms with Crippen LogP contribution in [0, 0.1) is 23.3 Å². The smallest absolute Gasteiger partial charge is 0.260 e. The highest BCUT2D eigenvalue weighted by Gasteiger charge is 2.25. The van der Waals surface area contributed by atoms with Gasteiger partial charge < -0.3 is 10.5 Å². The quantitative estimate of drug-likeness (QED) is 0.213. The average molecular weight is 489 g/mol. The SMILES string of the molecule is CC(C)n1c(=O)c(-c2c(F)cc(NSCc3ccc(F)cc3)c(F)c2F)cc2cnc(N)nc21. The molecular weight excluding hydrogens is 470 g/mol. The molecule has 11 heteroatoms. The van der Waals surface area contributed by atoms with E-state index in [-0.39, 0.29) is 22.9 Å². The van der Waals surface area contributed by atoms with E-state index >= 15 is 8.78 Å². The lowest BCUT2D eigenvalue weighted by atomic mass is 10.0. The lowest BCUT2D eigenvalue weighted by Crippen LogP contribution is -2.25. The van der Waals surface area contributed by atoms with Crippen LogP contribution in [0.4, 0.5) is 29.2 Å². The molecule has 4 aromatic rings. The molecule has 0 spiro atoms. The third kappa shape index (κ3) is 4.43. The van der Waals surface area contributed by atoms with Crippen molar-refractivity contribution in [1.82, 2.24) is 14.5 Å². The molecule has 0 bridgehead atoms. The van der Waals surface area contributed by atoms with Gasteiger partial charge in [-0.3, -0.25) is 9.36 Å². The molecule has 0 aliphatic heterocycles. The van der Waals surface area contributed by atoms with E-state index in [2.05, 4.69) is 14.7 Å². The van der Waals surface area contributed by atoms with E-state index < -0.39 is 46.1 Å². The maximum absolute atomic E-state index is 15.1. The minimum atomic E-state index is -1.51. The van der Waals surface area contributed by atoms with Crippen molar-refractivity contribution in [2.75, 3.05) is 10.5 Å². The van der Waals surface area contributed by atoms with Crippen LogP contribution in [0.3, 0.4) is 0 Å². The van der Waals surface area contributed by atoms with Crippen LogP contribution in [0.1, 0.15) is 25.5 Å². The van der Waals surface area contributed by atoms with Crippen LogP contribution in [-0.4, -0.2) is 14.5 Å². The number of nitrogens with two attached hydrogens (primary N) is 1. The maximum atomic E-state index is 15.1. The van der Waals surface area contributed by atoms with Crippen LogP contribution in [-0.2, 0) is 5.75 Å². The summed E-state index contributed by atoms with van der Waals surface area (Å²) in [4.78, 5) is 21.1. The Kier molecular flexibility index (Phi) is 6.47. The number of nitrogen functional groups attached to an aromatic ring is 1. The lowest BCUT2D eigenvalue weighted by molar-refractivity contribution is 0.502. The average Bonchev–Trinajstić information content (AvgIpc) is 2.78. The number of anilines is 2. The van der Waals surface area contributed by atoms with E-state index in [4.69, 9.17) is 5.73 Å². The minimum Gasteiger partial charge on any atom is -0.368 e. The first-order chi connectivity index (χ1) is 16.2. The van der Waals surface area contributed by atoms with E-state index in [1.807, 2.05) is 0 Å². The maximum Gasteiger partial charge on any atom is 0.260 e. The number of pyridine rings is 1. The number of fused-ring (bicyclic) bond motifs is 1. The summed E-state index contributed by atoms with van der Waals surface area (Å²) in [7, 11) is 0. The Morgan fingerprint density at radius 2 is 1.79 bits per heavy atom. The number of hydrogen-bond acceptors (Lipinski definition) is 6. The molecule has 0 atom stereocenters. The van der Waals surface area contributed by atoms with Crippen molar-refractivity contribution >= 4 is 34.6 Å². The summed E-state index contributed by atoms with van der Waals surface area (Å²) in [5, 5.41) is 0.314. The fourth-order valence-corrected chi connectivity index (χ4v) is 4.22. The van der Waals surface area contributed by atoms with Crippen LogP contribution in [0.5, 0.6) is 0 Å². The van der Waals surface area contributed by atoms with Crippen molar-refractivity contribution in [2.24, 2.45) is 0 Å². The summed E-state index contributed by atoms with van der Waals surface area (Å²) in [5.41, 5.74) is 4.23. The minimum absolute atomic E-state index is 0.0639.